The molecule has 0 saturated carbocycles. The van der Waals surface area contributed by atoms with E-state index in [1.807, 2.05) is 31.0 Å². The molecule has 4 heterocycles. The van der Waals surface area contributed by atoms with Crippen molar-refractivity contribution in [3.8, 4) is 11.1 Å². The van der Waals surface area contributed by atoms with Crippen LogP contribution in [0.3, 0.4) is 0 Å². The van der Waals surface area contributed by atoms with Gasteiger partial charge in [-0.3, -0.25) is 19.1 Å². The molecule has 0 spiro atoms. The summed E-state index contributed by atoms with van der Waals surface area (Å²) in [5.41, 5.74) is 6.69. The van der Waals surface area contributed by atoms with Crippen LogP contribution in [0.5, 0.6) is 0 Å². The molecule has 12 heteroatoms. The quantitative estimate of drug-likeness (QED) is 0.422. The zero-order valence-electron chi connectivity index (χ0n) is 20.9. The number of likely N-dealkylation sites (N-methyl/N-ethyl adjacent to an activating group) is 1. The van der Waals surface area contributed by atoms with E-state index in [-0.39, 0.29) is 23.9 Å². The highest BCUT2D eigenvalue weighted by molar-refractivity contribution is 6.04. The average molecular weight is 526 g/mol. The summed E-state index contributed by atoms with van der Waals surface area (Å²) in [5.74, 6) is 0.104. The van der Waals surface area contributed by atoms with Crippen LogP contribution < -0.4 is 11.4 Å². The van der Waals surface area contributed by atoms with E-state index in [0.717, 1.165) is 6.07 Å². The van der Waals surface area contributed by atoms with Gasteiger partial charge >= 0.3 is 11.9 Å². The normalized spacial score (nSPS) is 17.8. The third-order valence-electron chi connectivity index (χ3n) is 6.87. The Hall–Kier alpha value is -4.19. The fourth-order valence-corrected chi connectivity index (χ4v) is 4.81. The molecule has 9 nitrogen and oxygen atoms in total. The topological polar surface area (TPSA) is 115 Å². The molecule has 0 radical (unpaired) electrons. The maximum atomic E-state index is 13.5. The molecule has 1 aliphatic rings. The third kappa shape index (κ3) is 4.20. The van der Waals surface area contributed by atoms with Gasteiger partial charge in [0.05, 0.1) is 47.0 Å². The van der Waals surface area contributed by atoms with Gasteiger partial charge in [-0.25, -0.2) is 9.78 Å². The summed E-state index contributed by atoms with van der Waals surface area (Å²) in [7, 11) is 3.48. The van der Waals surface area contributed by atoms with Crippen molar-refractivity contribution in [1.82, 2.24) is 24.0 Å². The number of hydrogen-bond acceptors (Lipinski definition) is 7. The van der Waals surface area contributed by atoms with Gasteiger partial charge < -0.3 is 15.7 Å². The molecule has 0 fully saturated rings. The van der Waals surface area contributed by atoms with Crippen LogP contribution >= 0.6 is 0 Å². The van der Waals surface area contributed by atoms with Crippen LogP contribution in [-0.4, -0.2) is 61.2 Å². The van der Waals surface area contributed by atoms with E-state index in [0.29, 0.717) is 39.9 Å². The molecule has 198 valence electrons. The van der Waals surface area contributed by atoms with Gasteiger partial charge in [-0.15, -0.1) is 0 Å². The minimum atomic E-state index is -4.65. The third-order valence-corrected chi connectivity index (χ3v) is 6.87. The predicted octanol–water partition coefficient (Wildman–Crippen LogP) is 3.37. The second-order valence-electron chi connectivity index (χ2n) is 9.31. The number of aliphatic imine (C=N–C) groups is 1. The summed E-state index contributed by atoms with van der Waals surface area (Å²) in [6.45, 7) is 2.31. The Labute approximate surface area is 215 Å². The zero-order chi connectivity index (χ0) is 27.4. The number of anilines is 1. The SMILES string of the molecule is CC1N=C(N(C)CCO)C=CC1n1c(=O)n(C)c2cnc3ccc(-c4cnc(N)c(C(F)(F)F)c4)cc3c21. The lowest BCUT2D eigenvalue weighted by atomic mass is 10.0. The van der Waals surface area contributed by atoms with Crippen LogP contribution in [0.1, 0.15) is 18.5 Å². The maximum Gasteiger partial charge on any atom is 0.419 e. The van der Waals surface area contributed by atoms with Crippen molar-refractivity contribution in [2.45, 2.75) is 25.2 Å². The number of pyridine rings is 2. The number of amidine groups is 1. The van der Waals surface area contributed by atoms with Crippen molar-refractivity contribution in [2.24, 2.45) is 12.0 Å². The van der Waals surface area contributed by atoms with Crippen molar-refractivity contribution in [2.75, 3.05) is 25.9 Å². The Morgan fingerprint density at radius 2 is 1.92 bits per heavy atom. The van der Waals surface area contributed by atoms with Gasteiger partial charge in [0, 0.05) is 37.8 Å². The summed E-state index contributed by atoms with van der Waals surface area (Å²) < 4.78 is 43.5. The maximum absolute atomic E-state index is 13.5. The van der Waals surface area contributed by atoms with Crippen molar-refractivity contribution in [3.63, 3.8) is 0 Å². The van der Waals surface area contributed by atoms with Gasteiger partial charge in [0.25, 0.3) is 0 Å². The first-order chi connectivity index (χ1) is 18.0. The number of nitrogen functional groups attached to an aromatic ring is 1. The molecule has 2 unspecified atom stereocenters. The molecule has 0 amide bonds. The lowest BCUT2D eigenvalue weighted by Gasteiger charge is -2.27. The van der Waals surface area contributed by atoms with E-state index in [1.165, 1.54) is 10.8 Å². The van der Waals surface area contributed by atoms with Crippen molar-refractivity contribution < 1.29 is 18.3 Å². The van der Waals surface area contributed by atoms with E-state index < -0.39 is 23.6 Å². The Bertz CT molecular complexity index is 1670. The Morgan fingerprint density at radius 1 is 1.16 bits per heavy atom. The first-order valence-corrected chi connectivity index (χ1v) is 11.9. The molecule has 3 aromatic heterocycles. The monoisotopic (exact) mass is 525 g/mol. The number of halogens is 3. The second-order valence-corrected chi connectivity index (χ2v) is 9.31. The van der Waals surface area contributed by atoms with E-state index in [2.05, 4.69) is 9.97 Å². The van der Waals surface area contributed by atoms with Gasteiger partial charge in [0.2, 0.25) is 0 Å². The highest BCUT2D eigenvalue weighted by Gasteiger charge is 2.34. The number of nitrogens with zero attached hydrogens (tertiary/aromatic N) is 6. The average Bonchev–Trinajstić information content (AvgIpc) is 3.13. The summed E-state index contributed by atoms with van der Waals surface area (Å²) in [4.78, 5) is 28.3. The molecule has 1 aliphatic heterocycles. The van der Waals surface area contributed by atoms with E-state index >= 15 is 0 Å². The van der Waals surface area contributed by atoms with Crippen molar-refractivity contribution in [3.05, 3.63) is 64.9 Å². The number of aromatic nitrogens is 4. The molecular formula is C26H26F3N7O2. The van der Waals surface area contributed by atoms with E-state index in [4.69, 9.17) is 10.7 Å². The Morgan fingerprint density at radius 3 is 2.61 bits per heavy atom. The molecule has 1 aromatic carbocycles. The van der Waals surface area contributed by atoms with Gasteiger partial charge in [-0.1, -0.05) is 12.1 Å². The number of benzene rings is 1. The number of aliphatic hydroxyl groups is 1. The van der Waals surface area contributed by atoms with Crippen LogP contribution in [0.2, 0.25) is 0 Å². The molecule has 5 rings (SSSR count). The summed E-state index contributed by atoms with van der Waals surface area (Å²) >= 11 is 0. The molecule has 0 saturated heterocycles. The van der Waals surface area contributed by atoms with Crippen LogP contribution in [0.15, 0.2) is 58.6 Å². The predicted molar refractivity (Wildman–Crippen MR) is 140 cm³/mol. The number of hydrogen-bond donors (Lipinski definition) is 2. The number of alkyl halides is 3. The van der Waals surface area contributed by atoms with Crippen LogP contribution in [0.4, 0.5) is 19.0 Å². The summed E-state index contributed by atoms with van der Waals surface area (Å²) in [6.07, 6.45) is 1.98. The molecule has 0 bridgehead atoms. The molecule has 4 aromatic rings. The van der Waals surface area contributed by atoms with E-state index in [9.17, 15) is 23.1 Å². The largest absolute Gasteiger partial charge is 0.419 e. The van der Waals surface area contributed by atoms with Gasteiger partial charge in [-0.2, -0.15) is 13.2 Å². The van der Waals surface area contributed by atoms with Gasteiger partial charge in [-0.05, 0) is 36.8 Å². The number of fused-ring (bicyclic) bond motifs is 3. The number of aryl methyl sites for hydroxylation is 1. The number of dihydropyridines is 1. The summed E-state index contributed by atoms with van der Waals surface area (Å²) in [5, 5.41) is 9.86. The molecule has 0 aliphatic carbocycles. The lowest BCUT2D eigenvalue weighted by Crippen LogP contribution is -2.36. The van der Waals surface area contributed by atoms with Crippen LogP contribution in [-0.2, 0) is 13.2 Å². The van der Waals surface area contributed by atoms with Gasteiger partial charge in [0.1, 0.15) is 11.7 Å². The summed E-state index contributed by atoms with van der Waals surface area (Å²) in [6, 6.07) is 5.34. The highest BCUT2D eigenvalue weighted by Crippen LogP contribution is 2.36. The number of imidazole rings is 1. The minimum Gasteiger partial charge on any atom is -0.395 e. The fraction of sp³-hybridized carbons (Fsp3) is 0.308. The fourth-order valence-electron chi connectivity index (χ4n) is 4.81. The first-order valence-electron chi connectivity index (χ1n) is 11.9. The molecule has 2 atom stereocenters. The van der Waals surface area contributed by atoms with Crippen LogP contribution in [0.25, 0.3) is 33.1 Å². The smallest absolute Gasteiger partial charge is 0.395 e. The van der Waals surface area contributed by atoms with E-state index in [1.54, 1.807) is 36.0 Å². The first kappa shape index (κ1) is 25.5. The number of rotatable bonds is 4. The Balaban J connectivity index is 1.69. The molecule has 38 heavy (non-hydrogen) atoms. The number of aliphatic hydroxyl groups excluding tert-OH is 1. The Kier molecular flexibility index (Phi) is 6.22. The number of nitrogens with two attached hydrogens (primary N) is 1. The highest BCUT2D eigenvalue weighted by atomic mass is 19.4. The lowest BCUT2D eigenvalue weighted by molar-refractivity contribution is -0.137. The molecular weight excluding hydrogens is 499 g/mol. The van der Waals surface area contributed by atoms with Crippen molar-refractivity contribution >= 4 is 33.6 Å². The van der Waals surface area contributed by atoms with Gasteiger partial charge in [0.15, 0.2) is 0 Å². The standard InChI is InChI=1S/C26H26F3N7O2/c1-14-20(6-7-22(33-14)34(2)8-9-37)36-23-17-10-15(16-11-18(26(27,28)29)24(30)32-12-16)4-5-19(17)31-13-21(23)35(3)25(36)38/h4-7,10-14,20,37H,8-9H2,1-3H3,(H2,30,32). The second kappa shape index (κ2) is 9.28. The van der Waals surface area contributed by atoms with Crippen molar-refractivity contribution in [1.29, 1.82) is 0 Å². The minimum absolute atomic E-state index is 0.0146. The zero-order valence-corrected chi connectivity index (χ0v) is 20.9. The molecule has 3 N–H and O–H groups in total. The van der Waals surface area contributed by atoms with Crippen LogP contribution in [0, 0.1) is 0 Å².